The van der Waals surface area contributed by atoms with Gasteiger partial charge in [0.15, 0.2) is 0 Å². The molecule has 1 aromatic carbocycles. The molecule has 0 atom stereocenters. The SMILES string of the molecule is Cl.O=C(O)c1c2c(nc3ccccc13)CCCC2. The maximum absolute atomic E-state index is 11.5. The number of aromatic nitrogens is 1. The molecule has 1 aliphatic rings. The average molecular weight is 264 g/mol. The van der Waals surface area contributed by atoms with Crippen LogP contribution in [-0.2, 0) is 12.8 Å². The van der Waals surface area contributed by atoms with Gasteiger partial charge in [0.1, 0.15) is 0 Å². The van der Waals surface area contributed by atoms with Gasteiger partial charge in [-0.25, -0.2) is 4.79 Å². The van der Waals surface area contributed by atoms with Crippen LogP contribution in [0, 0.1) is 0 Å². The second-order valence-corrected chi connectivity index (χ2v) is 4.44. The number of carboxylic acids is 1. The minimum Gasteiger partial charge on any atom is -0.478 e. The van der Waals surface area contributed by atoms with Gasteiger partial charge in [0.2, 0.25) is 0 Å². The van der Waals surface area contributed by atoms with Crippen molar-refractivity contribution in [2.45, 2.75) is 25.7 Å². The fraction of sp³-hybridized carbons (Fsp3) is 0.286. The molecule has 4 heteroatoms. The first-order valence-corrected chi connectivity index (χ1v) is 5.91. The summed E-state index contributed by atoms with van der Waals surface area (Å²) in [6.45, 7) is 0. The summed E-state index contributed by atoms with van der Waals surface area (Å²) in [6.07, 6.45) is 3.92. The van der Waals surface area contributed by atoms with E-state index in [1.54, 1.807) is 0 Å². The fourth-order valence-corrected chi connectivity index (χ4v) is 2.62. The number of carboxylic acid groups (broad SMARTS) is 1. The number of hydrogen-bond donors (Lipinski definition) is 1. The Kier molecular flexibility index (Phi) is 3.53. The van der Waals surface area contributed by atoms with Crippen LogP contribution < -0.4 is 0 Å². The normalized spacial score (nSPS) is 13.8. The van der Waals surface area contributed by atoms with E-state index >= 15 is 0 Å². The van der Waals surface area contributed by atoms with Crippen LogP contribution in [0.4, 0.5) is 0 Å². The Hall–Kier alpha value is -1.61. The topological polar surface area (TPSA) is 50.2 Å². The lowest BCUT2D eigenvalue weighted by atomic mass is 9.90. The molecule has 1 aromatic heterocycles. The van der Waals surface area contributed by atoms with E-state index < -0.39 is 5.97 Å². The molecule has 3 rings (SSSR count). The number of aromatic carboxylic acids is 1. The molecule has 1 heterocycles. The number of carbonyl (C=O) groups is 1. The summed E-state index contributed by atoms with van der Waals surface area (Å²) in [4.78, 5) is 16.1. The van der Waals surface area contributed by atoms with Crippen molar-refractivity contribution in [1.82, 2.24) is 4.98 Å². The Labute approximate surface area is 111 Å². The molecule has 0 unspecified atom stereocenters. The fourth-order valence-electron chi connectivity index (χ4n) is 2.62. The van der Waals surface area contributed by atoms with Crippen molar-refractivity contribution in [3.63, 3.8) is 0 Å². The van der Waals surface area contributed by atoms with E-state index in [2.05, 4.69) is 4.98 Å². The molecule has 0 saturated heterocycles. The van der Waals surface area contributed by atoms with Crippen LogP contribution in [0.2, 0.25) is 0 Å². The van der Waals surface area contributed by atoms with Crippen LogP contribution in [0.5, 0.6) is 0 Å². The Morgan fingerprint density at radius 1 is 1.17 bits per heavy atom. The molecule has 94 valence electrons. The maximum atomic E-state index is 11.5. The molecule has 0 spiro atoms. The summed E-state index contributed by atoms with van der Waals surface area (Å²) < 4.78 is 0. The summed E-state index contributed by atoms with van der Waals surface area (Å²) in [5, 5.41) is 10.2. The first-order chi connectivity index (χ1) is 8.27. The number of pyridine rings is 1. The number of hydrogen-bond acceptors (Lipinski definition) is 2. The molecular weight excluding hydrogens is 250 g/mol. The van der Waals surface area contributed by atoms with Crippen molar-refractivity contribution in [3.8, 4) is 0 Å². The highest BCUT2D eigenvalue weighted by molar-refractivity contribution is 6.04. The van der Waals surface area contributed by atoms with E-state index in [9.17, 15) is 9.90 Å². The van der Waals surface area contributed by atoms with Gasteiger partial charge in [-0.3, -0.25) is 4.98 Å². The Morgan fingerprint density at radius 3 is 2.67 bits per heavy atom. The lowest BCUT2D eigenvalue weighted by Crippen LogP contribution is -2.13. The Balaban J connectivity index is 0.00000120. The zero-order valence-corrected chi connectivity index (χ0v) is 10.7. The second kappa shape index (κ2) is 4.94. The predicted molar refractivity (Wildman–Crippen MR) is 72.6 cm³/mol. The van der Waals surface area contributed by atoms with Crippen molar-refractivity contribution >= 4 is 29.3 Å². The van der Waals surface area contributed by atoms with Crippen molar-refractivity contribution in [2.24, 2.45) is 0 Å². The predicted octanol–water partition coefficient (Wildman–Crippen LogP) is 3.23. The highest BCUT2D eigenvalue weighted by Crippen LogP contribution is 2.28. The summed E-state index contributed by atoms with van der Waals surface area (Å²) >= 11 is 0. The van der Waals surface area contributed by atoms with Crippen LogP contribution in [0.3, 0.4) is 0 Å². The minimum atomic E-state index is -0.832. The largest absolute Gasteiger partial charge is 0.478 e. The van der Waals surface area contributed by atoms with E-state index in [4.69, 9.17) is 0 Å². The van der Waals surface area contributed by atoms with Gasteiger partial charge in [0, 0.05) is 11.1 Å². The van der Waals surface area contributed by atoms with Crippen molar-refractivity contribution in [3.05, 3.63) is 41.1 Å². The highest BCUT2D eigenvalue weighted by Gasteiger charge is 2.21. The van der Waals surface area contributed by atoms with E-state index in [1.165, 1.54) is 0 Å². The molecular formula is C14H14ClNO2. The molecule has 18 heavy (non-hydrogen) atoms. The third-order valence-electron chi connectivity index (χ3n) is 3.38. The standard InChI is InChI=1S/C14H13NO2.ClH/c16-14(17)13-9-5-1-3-7-11(9)15-12-8-4-2-6-10(12)13;/h1,3,5,7H,2,4,6,8H2,(H,16,17);1H. The van der Waals surface area contributed by atoms with Crippen LogP contribution in [0.15, 0.2) is 24.3 Å². The summed E-state index contributed by atoms with van der Waals surface area (Å²) in [7, 11) is 0. The van der Waals surface area contributed by atoms with Crippen LogP contribution in [0.1, 0.15) is 34.5 Å². The van der Waals surface area contributed by atoms with E-state index in [-0.39, 0.29) is 12.4 Å². The van der Waals surface area contributed by atoms with Gasteiger partial charge in [-0.05, 0) is 37.3 Å². The van der Waals surface area contributed by atoms with Crippen LogP contribution >= 0.6 is 12.4 Å². The monoisotopic (exact) mass is 263 g/mol. The number of para-hydroxylation sites is 1. The molecule has 0 amide bonds. The molecule has 0 fully saturated rings. The van der Waals surface area contributed by atoms with Gasteiger partial charge >= 0.3 is 5.97 Å². The van der Waals surface area contributed by atoms with Gasteiger partial charge in [-0.15, -0.1) is 12.4 Å². The Morgan fingerprint density at radius 2 is 1.89 bits per heavy atom. The maximum Gasteiger partial charge on any atom is 0.336 e. The number of aryl methyl sites for hydroxylation is 1. The molecule has 0 radical (unpaired) electrons. The van der Waals surface area contributed by atoms with Crippen molar-refractivity contribution in [2.75, 3.05) is 0 Å². The highest BCUT2D eigenvalue weighted by atomic mass is 35.5. The quantitative estimate of drug-likeness (QED) is 0.859. The lowest BCUT2D eigenvalue weighted by molar-refractivity contribution is 0.0697. The average Bonchev–Trinajstić information content (AvgIpc) is 2.35. The number of halogens is 1. The molecule has 0 aliphatic heterocycles. The molecule has 1 aliphatic carbocycles. The van der Waals surface area contributed by atoms with Crippen LogP contribution in [-0.4, -0.2) is 16.1 Å². The van der Waals surface area contributed by atoms with Crippen molar-refractivity contribution in [1.29, 1.82) is 0 Å². The summed E-state index contributed by atoms with van der Waals surface area (Å²) in [5.74, 6) is -0.832. The first kappa shape index (κ1) is 12.8. The van der Waals surface area contributed by atoms with Crippen LogP contribution in [0.25, 0.3) is 10.9 Å². The molecule has 0 bridgehead atoms. The number of fused-ring (bicyclic) bond motifs is 2. The molecule has 0 saturated carbocycles. The second-order valence-electron chi connectivity index (χ2n) is 4.44. The minimum absolute atomic E-state index is 0. The summed E-state index contributed by atoms with van der Waals surface area (Å²) in [6, 6.07) is 7.50. The van der Waals surface area contributed by atoms with E-state index in [0.717, 1.165) is 47.8 Å². The van der Waals surface area contributed by atoms with Gasteiger partial charge in [0.05, 0.1) is 11.1 Å². The molecule has 2 aromatic rings. The van der Waals surface area contributed by atoms with Gasteiger partial charge in [-0.2, -0.15) is 0 Å². The number of rotatable bonds is 1. The smallest absolute Gasteiger partial charge is 0.336 e. The molecule has 3 nitrogen and oxygen atoms in total. The van der Waals surface area contributed by atoms with Gasteiger partial charge in [-0.1, -0.05) is 18.2 Å². The van der Waals surface area contributed by atoms with Gasteiger partial charge < -0.3 is 5.11 Å². The third kappa shape index (κ3) is 1.95. The third-order valence-corrected chi connectivity index (χ3v) is 3.38. The lowest BCUT2D eigenvalue weighted by Gasteiger charge is -2.18. The first-order valence-electron chi connectivity index (χ1n) is 5.91. The van der Waals surface area contributed by atoms with E-state index in [1.807, 2.05) is 24.3 Å². The number of benzene rings is 1. The van der Waals surface area contributed by atoms with Gasteiger partial charge in [0.25, 0.3) is 0 Å². The van der Waals surface area contributed by atoms with E-state index in [0.29, 0.717) is 5.56 Å². The van der Waals surface area contributed by atoms with Crippen molar-refractivity contribution < 1.29 is 9.90 Å². The Bertz CT molecular complexity index is 610. The zero-order chi connectivity index (χ0) is 11.8. The molecule has 1 N–H and O–H groups in total. The number of nitrogens with zero attached hydrogens (tertiary/aromatic N) is 1. The zero-order valence-electron chi connectivity index (χ0n) is 9.85. The summed E-state index contributed by atoms with van der Waals surface area (Å²) in [5.41, 5.74) is 3.19.